The van der Waals surface area contributed by atoms with E-state index >= 15 is 0 Å². The minimum absolute atomic E-state index is 0.0681. The van der Waals surface area contributed by atoms with Crippen molar-refractivity contribution in [3.63, 3.8) is 0 Å². The number of methoxy groups -OCH3 is 1. The summed E-state index contributed by atoms with van der Waals surface area (Å²) < 4.78 is 4.70. The van der Waals surface area contributed by atoms with Crippen LogP contribution in [0, 0.1) is 17.3 Å². The number of hydrogen-bond donors (Lipinski definition) is 0. The second-order valence-electron chi connectivity index (χ2n) is 3.98. The predicted octanol–water partition coefficient (Wildman–Crippen LogP) is 2.48. The maximum atomic E-state index is 11.1. The van der Waals surface area contributed by atoms with E-state index in [0.29, 0.717) is 6.42 Å². The van der Waals surface area contributed by atoms with E-state index in [4.69, 9.17) is 4.74 Å². The van der Waals surface area contributed by atoms with Crippen LogP contribution in [0.25, 0.3) is 0 Å². The summed E-state index contributed by atoms with van der Waals surface area (Å²) >= 11 is 1.90. The Labute approximate surface area is 96.1 Å². The minimum atomic E-state index is -0.0681. The Morgan fingerprint density at radius 1 is 1.53 bits per heavy atom. The van der Waals surface area contributed by atoms with Crippen molar-refractivity contribution in [1.82, 2.24) is 0 Å². The molecule has 1 aliphatic carbocycles. The molecule has 1 rings (SSSR count). The van der Waals surface area contributed by atoms with Crippen LogP contribution in [0.2, 0.25) is 0 Å². The first-order chi connectivity index (χ1) is 7.22. The molecule has 0 aliphatic heterocycles. The Hall–Kier alpha value is -0.620. The van der Waals surface area contributed by atoms with E-state index in [1.807, 2.05) is 18.7 Å². The van der Waals surface area contributed by atoms with Gasteiger partial charge in [-0.05, 0) is 30.9 Å². The van der Waals surface area contributed by atoms with Gasteiger partial charge in [-0.1, -0.05) is 0 Å². The lowest BCUT2D eigenvalue weighted by Gasteiger charge is -2.12. The van der Waals surface area contributed by atoms with E-state index in [1.54, 1.807) is 0 Å². The van der Waals surface area contributed by atoms with Crippen molar-refractivity contribution < 1.29 is 9.53 Å². The molecule has 84 valence electrons. The first-order valence-electron chi connectivity index (χ1n) is 5.27. The maximum absolute atomic E-state index is 11.1. The highest BCUT2D eigenvalue weighted by Crippen LogP contribution is 2.51. The third-order valence-corrected chi connectivity index (χ3v) is 3.97. The lowest BCUT2D eigenvalue weighted by molar-refractivity contribution is -0.141. The predicted molar refractivity (Wildman–Crippen MR) is 63.7 cm³/mol. The van der Waals surface area contributed by atoms with Crippen LogP contribution in [-0.4, -0.2) is 24.6 Å². The van der Waals surface area contributed by atoms with E-state index < -0.39 is 0 Å². The van der Waals surface area contributed by atoms with Crippen molar-refractivity contribution in [2.24, 2.45) is 5.41 Å². The maximum Gasteiger partial charge on any atom is 0.306 e. The van der Waals surface area contributed by atoms with Crippen LogP contribution in [0.15, 0.2) is 0 Å². The molecular formula is C12H18O2S. The highest BCUT2D eigenvalue weighted by atomic mass is 32.2. The zero-order valence-electron chi connectivity index (χ0n) is 9.47. The average molecular weight is 226 g/mol. The summed E-state index contributed by atoms with van der Waals surface area (Å²) in [5.41, 5.74) is 0.261. The molecule has 0 heterocycles. The second-order valence-corrected chi connectivity index (χ2v) is 5.09. The fourth-order valence-electron chi connectivity index (χ4n) is 1.46. The van der Waals surface area contributed by atoms with Crippen molar-refractivity contribution in [2.45, 2.75) is 32.6 Å². The fourth-order valence-corrected chi connectivity index (χ4v) is 2.68. The highest BCUT2D eigenvalue weighted by molar-refractivity contribution is 7.99. The van der Waals surface area contributed by atoms with Crippen molar-refractivity contribution in [3.05, 3.63) is 0 Å². The van der Waals surface area contributed by atoms with E-state index in [1.165, 1.54) is 20.0 Å². The number of carbonyl (C=O) groups is 1. The Balaban J connectivity index is 2.13. The van der Waals surface area contributed by atoms with E-state index in [9.17, 15) is 4.79 Å². The SMILES string of the molecule is CC#CCCSCC1(CC(=O)OC)CC1. The molecule has 0 amide bonds. The summed E-state index contributed by atoms with van der Waals surface area (Å²) in [6, 6.07) is 0. The third kappa shape index (κ3) is 4.61. The summed E-state index contributed by atoms with van der Waals surface area (Å²) in [5.74, 6) is 8.01. The molecule has 0 radical (unpaired) electrons. The first-order valence-corrected chi connectivity index (χ1v) is 6.42. The number of ether oxygens (including phenoxy) is 1. The molecule has 0 aromatic heterocycles. The molecule has 2 nitrogen and oxygen atoms in total. The number of carbonyl (C=O) groups excluding carboxylic acids is 1. The summed E-state index contributed by atoms with van der Waals surface area (Å²) in [7, 11) is 1.46. The van der Waals surface area contributed by atoms with Gasteiger partial charge in [0.25, 0.3) is 0 Å². The van der Waals surface area contributed by atoms with Gasteiger partial charge in [0.05, 0.1) is 13.5 Å². The molecule has 0 spiro atoms. The largest absolute Gasteiger partial charge is 0.469 e. The Kier molecular flexibility index (Phi) is 5.04. The molecule has 1 saturated carbocycles. The standard InChI is InChI=1S/C12H18O2S/c1-3-4-5-8-15-10-12(6-7-12)9-11(13)14-2/h5-10H2,1-2H3. The van der Waals surface area contributed by atoms with Crippen molar-refractivity contribution in [1.29, 1.82) is 0 Å². The monoisotopic (exact) mass is 226 g/mol. The zero-order chi connectivity index (χ0) is 11.1. The van der Waals surface area contributed by atoms with Crippen molar-refractivity contribution in [2.75, 3.05) is 18.6 Å². The molecule has 0 saturated heterocycles. The number of hydrogen-bond acceptors (Lipinski definition) is 3. The normalized spacial score (nSPS) is 16.4. The summed E-state index contributed by atoms with van der Waals surface area (Å²) in [6.07, 6.45) is 3.90. The fraction of sp³-hybridized carbons (Fsp3) is 0.750. The van der Waals surface area contributed by atoms with Gasteiger partial charge in [-0.15, -0.1) is 11.8 Å². The average Bonchev–Trinajstić information content (AvgIpc) is 2.98. The van der Waals surface area contributed by atoms with Crippen LogP contribution < -0.4 is 0 Å². The molecule has 0 unspecified atom stereocenters. The van der Waals surface area contributed by atoms with Gasteiger partial charge in [-0.25, -0.2) is 0 Å². The molecule has 1 fully saturated rings. The lowest BCUT2D eigenvalue weighted by Crippen LogP contribution is -2.13. The number of thioether (sulfide) groups is 1. The van der Waals surface area contributed by atoms with Gasteiger partial charge in [0.2, 0.25) is 0 Å². The van der Waals surface area contributed by atoms with Crippen molar-refractivity contribution in [3.8, 4) is 11.8 Å². The third-order valence-electron chi connectivity index (χ3n) is 2.66. The molecule has 15 heavy (non-hydrogen) atoms. The molecule has 0 aromatic rings. The summed E-state index contributed by atoms with van der Waals surface area (Å²) in [5, 5.41) is 0. The Morgan fingerprint density at radius 3 is 2.80 bits per heavy atom. The first kappa shape index (κ1) is 12.4. The van der Waals surface area contributed by atoms with Gasteiger partial charge in [-0.3, -0.25) is 4.79 Å². The smallest absolute Gasteiger partial charge is 0.306 e. The van der Waals surface area contributed by atoms with Crippen LogP contribution in [0.3, 0.4) is 0 Å². The summed E-state index contributed by atoms with van der Waals surface area (Å²) in [4.78, 5) is 11.1. The van der Waals surface area contributed by atoms with Gasteiger partial charge in [0.15, 0.2) is 0 Å². The van der Waals surface area contributed by atoms with Gasteiger partial charge in [-0.2, -0.15) is 11.8 Å². The van der Waals surface area contributed by atoms with Crippen LogP contribution in [-0.2, 0) is 9.53 Å². The zero-order valence-corrected chi connectivity index (χ0v) is 10.3. The van der Waals surface area contributed by atoms with Crippen LogP contribution in [0.1, 0.15) is 32.6 Å². The van der Waals surface area contributed by atoms with Gasteiger partial charge >= 0.3 is 5.97 Å². The minimum Gasteiger partial charge on any atom is -0.469 e. The lowest BCUT2D eigenvalue weighted by atomic mass is 10.1. The van der Waals surface area contributed by atoms with E-state index in [2.05, 4.69) is 11.8 Å². The molecule has 3 heteroatoms. The Bertz CT molecular complexity index is 271. The van der Waals surface area contributed by atoms with E-state index in [-0.39, 0.29) is 11.4 Å². The molecule has 0 bridgehead atoms. The van der Waals surface area contributed by atoms with Crippen LogP contribution in [0.5, 0.6) is 0 Å². The molecule has 0 aromatic carbocycles. The number of esters is 1. The topological polar surface area (TPSA) is 26.3 Å². The van der Waals surface area contributed by atoms with Gasteiger partial charge in [0, 0.05) is 12.2 Å². The molecule has 0 N–H and O–H groups in total. The van der Waals surface area contributed by atoms with Crippen LogP contribution >= 0.6 is 11.8 Å². The Morgan fingerprint density at radius 2 is 2.27 bits per heavy atom. The molecular weight excluding hydrogens is 208 g/mol. The number of rotatable bonds is 6. The quantitative estimate of drug-likeness (QED) is 0.395. The van der Waals surface area contributed by atoms with E-state index in [0.717, 1.165) is 17.9 Å². The highest BCUT2D eigenvalue weighted by Gasteiger charge is 2.44. The van der Waals surface area contributed by atoms with Gasteiger partial charge in [0.1, 0.15) is 0 Å². The molecule has 1 aliphatic rings. The van der Waals surface area contributed by atoms with Gasteiger partial charge < -0.3 is 4.74 Å². The second kappa shape index (κ2) is 6.07. The van der Waals surface area contributed by atoms with Crippen LogP contribution in [0.4, 0.5) is 0 Å². The molecule has 0 atom stereocenters. The van der Waals surface area contributed by atoms with Crippen molar-refractivity contribution >= 4 is 17.7 Å². The summed E-state index contributed by atoms with van der Waals surface area (Å²) in [6.45, 7) is 1.87.